The lowest BCUT2D eigenvalue weighted by Crippen LogP contribution is -2.32. The number of amides is 1. The van der Waals surface area contributed by atoms with Crippen LogP contribution in [0.5, 0.6) is 0 Å². The van der Waals surface area contributed by atoms with Gasteiger partial charge in [-0.15, -0.1) is 0 Å². The van der Waals surface area contributed by atoms with E-state index in [1.54, 1.807) is 37.3 Å². The second-order valence-corrected chi connectivity index (χ2v) is 6.16. The molecule has 0 spiro atoms. The molecule has 1 aromatic heterocycles. The molecule has 1 amide bonds. The van der Waals surface area contributed by atoms with Crippen molar-refractivity contribution in [2.75, 3.05) is 5.32 Å². The molecule has 6 nitrogen and oxygen atoms in total. The Kier molecular flexibility index (Phi) is 5.14. The van der Waals surface area contributed by atoms with Crippen LogP contribution < -0.4 is 5.32 Å². The predicted molar refractivity (Wildman–Crippen MR) is 96.3 cm³/mol. The molecule has 1 unspecified atom stereocenters. The highest BCUT2D eigenvalue weighted by Gasteiger charge is 2.23. The second kappa shape index (κ2) is 7.48. The van der Waals surface area contributed by atoms with Crippen LogP contribution >= 0.6 is 15.9 Å². The van der Waals surface area contributed by atoms with Crippen LogP contribution in [0.25, 0.3) is 11.1 Å². The van der Waals surface area contributed by atoms with Crippen molar-refractivity contribution in [1.82, 2.24) is 4.98 Å². The number of oxazole rings is 1. The minimum atomic E-state index is -0.896. The van der Waals surface area contributed by atoms with Crippen molar-refractivity contribution in [3.8, 4) is 0 Å². The Labute approximate surface area is 152 Å². The Morgan fingerprint density at radius 2 is 2.08 bits per heavy atom. The van der Waals surface area contributed by atoms with E-state index in [1.165, 1.54) is 6.39 Å². The molecule has 1 N–H and O–H groups in total. The molecular formula is C18H15BrN2O4. The van der Waals surface area contributed by atoms with Crippen molar-refractivity contribution in [3.63, 3.8) is 0 Å². The van der Waals surface area contributed by atoms with Gasteiger partial charge in [0.2, 0.25) is 0 Å². The van der Waals surface area contributed by atoms with E-state index in [0.29, 0.717) is 28.8 Å². The van der Waals surface area contributed by atoms with Crippen molar-refractivity contribution in [2.45, 2.75) is 19.4 Å². The first-order valence-electron chi connectivity index (χ1n) is 7.68. The second-order valence-electron chi connectivity index (χ2n) is 5.31. The Morgan fingerprint density at radius 3 is 2.84 bits per heavy atom. The summed E-state index contributed by atoms with van der Waals surface area (Å²) in [5.74, 6) is -0.968. The molecule has 0 aliphatic heterocycles. The first-order valence-corrected chi connectivity index (χ1v) is 8.47. The highest BCUT2D eigenvalue weighted by atomic mass is 79.9. The fraction of sp³-hybridized carbons (Fsp3) is 0.167. The van der Waals surface area contributed by atoms with E-state index in [-0.39, 0.29) is 5.91 Å². The summed E-state index contributed by atoms with van der Waals surface area (Å²) in [6.45, 7) is 1.78. The van der Waals surface area contributed by atoms with Crippen LogP contribution in [0.2, 0.25) is 0 Å². The zero-order valence-electron chi connectivity index (χ0n) is 13.4. The van der Waals surface area contributed by atoms with E-state index in [4.69, 9.17) is 9.15 Å². The highest BCUT2D eigenvalue weighted by molar-refractivity contribution is 9.10. The van der Waals surface area contributed by atoms with Gasteiger partial charge in [0.05, 0.1) is 11.3 Å². The Balaban J connectivity index is 1.71. The molecule has 0 saturated heterocycles. The average molecular weight is 403 g/mol. The first-order chi connectivity index (χ1) is 12.1. The number of esters is 1. The average Bonchev–Trinajstić information content (AvgIpc) is 3.09. The molecule has 0 saturated carbocycles. The summed E-state index contributed by atoms with van der Waals surface area (Å²) in [6.07, 6.45) is 0.765. The van der Waals surface area contributed by atoms with E-state index < -0.39 is 12.1 Å². The van der Waals surface area contributed by atoms with Gasteiger partial charge in [0, 0.05) is 4.47 Å². The minimum absolute atomic E-state index is 0.313. The molecule has 3 aromatic rings. The SMILES string of the molecule is CCC(OC(=O)c1ccc2ocnc2c1)C(=O)Nc1ccccc1Br. The number of para-hydroxylation sites is 1. The van der Waals surface area contributed by atoms with Gasteiger partial charge in [-0.25, -0.2) is 9.78 Å². The molecule has 3 rings (SSSR count). The number of nitrogens with one attached hydrogen (secondary N) is 1. The smallest absolute Gasteiger partial charge is 0.338 e. The Morgan fingerprint density at radius 1 is 1.28 bits per heavy atom. The van der Waals surface area contributed by atoms with E-state index in [1.807, 2.05) is 12.1 Å². The first kappa shape index (κ1) is 17.2. The number of aromatic nitrogens is 1. The third-order valence-electron chi connectivity index (χ3n) is 3.61. The molecule has 7 heteroatoms. The number of benzene rings is 2. The molecule has 0 aliphatic carbocycles. The molecular weight excluding hydrogens is 388 g/mol. The van der Waals surface area contributed by atoms with Crippen LogP contribution in [0.1, 0.15) is 23.7 Å². The van der Waals surface area contributed by atoms with Gasteiger partial charge in [-0.1, -0.05) is 19.1 Å². The fourth-order valence-corrected chi connectivity index (χ4v) is 2.66. The number of anilines is 1. The fourth-order valence-electron chi connectivity index (χ4n) is 2.28. The summed E-state index contributed by atoms with van der Waals surface area (Å²) in [5, 5.41) is 2.75. The largest absolute Gasteiger partial charge is 0.449 e. The number of fused-ring (bicyclic) bond motifs is 1. The number of carbonyl (C=O) groups excluding carboxylic acids is 2. The summed E-state index contributed by atoms with van der Waals surface area (Å²) in [6, 6.07) is 12.0. The molecule has 1 atom stereocenters. The number of nitrogens with zero attached hydrogens (tertiary/aromatic N) is 1. The van der Waals surface area contributed by atoms with Crippen molar-refractivity contribution in [3.05, 3.63) is 58.9 Å². The molecule has 0 fully saturated rings. The van der Waals surface area contributed by atoms with E-state index in [9.17, 15) is 9.59 Å². The van der Waals surface area contributed by atoms with Gasteiger partial charge in [0.25, 0.3) is 5.91 Å². The van der Waals surface area contributed by atoms with Crippen molar-refractivity contribution >= 4 is 44.6 Å². The third kappa shape index (κ3) is 3.88. The monoisotopic (exact) mass is 402 g/mol. The van der Waals surface area contributed by atoms with Crippen LogP contribution in [0.4, 0.5) is 5.69 Å². The number of halogens is 1. The number of hydrogen-bond donors (Lipinski definition) is 1. The molecule has 1 heterocycles. The van der Waals surface area contributed by atoms with Gasteiger partial charge in [-0.05, 0) is 52.7 Å². The number of ether oxygens (including phenoxy) is 1. The topological polar surface area (TPSA) is 81.4 Å². The summed E-state index contributed by atoms with van der Waals surface area (Å²) >= 11 is 3.36. The van der Waals surface area contributed by atoms with Crippen LogP contribution in [-0.2, 0) is 9.53 Å². The zero-order valence-corrected chi connectivity index (χ0v) is 14.9. The van der Waals surface area contributed by atoms with Gasteiger partial charge >= 0.3 is 5.97 Å². The number of hydrogen-bond acceptors (Lipinski definition) is 5. The van der Waals surface area contributed by atoms with E-state index in [0.717, 1.165) is 4.47 Å². The molecule has 25 heavy (non-hydrogen) atoms. The van der Waals surface area contributed by atoms with Crippen molar-refractivity contribution in [1.29, 1.82) is 0 Å². The molecule has 0 radical (unpaired) electrons. The standard InChI is InChI=1S/C18H15BrN2O4/c1-2-15(17(22)21-13-6-4-3-5-12(13)19)25-18(23)11-7-8-16-14(9-11)20-10-24-16/h3-10,15H,2H2,1H3,(H,21,22). The van der Waals surface area contributed by atoms with E-state index in [2.05, 4.69) is 26.2 Å². The molecule has 0 bridgehead atoms. The number of rotatable bonds is 5. The number of carbonyl (C=O) groups is 2. The van der Waals surface area contributed by atoms with Gasteiger partial charge in [0.1, 0.15) is 5.52 Å². The molecule has 0 aliphatic rings. The van der Waals surface area contributed by atoms with Gasteiger partial charge in [-0.2, -0.15) is 0 Å². The minimum Gasteiger partial charge on any atom is -0.449 e. The van der Waals surface area contributed by atoms with Crippen LogP contribution in [0.15, 0.2) is 57.7 Å². The predicted octanol–water partition coefficient (Wildman–Crippen LogP) is 4.16. The van der Waals surface area contributed by atoms with Crippen molar-refractivity contribution in [2.24, 2.45) is 0 Å². The third-order valence-corrected chi connectivity index (χ3v) is 4.30. The maximum Gasteiger partial charge on any atom is 0.338 e. The van der Waals surface area contributed by atoms with Gasteiger partial charge in [0.15, 0.2) is 18.1 Å². The Bertz CT molecular complexity index is 922. The zero-order chi connectivity index (χ0) is 17.8. The molecule has 2 aromatic carbocycles. The van der Waals surface area contributed by atoms with Crippen LogP contribution in [0.3, 0.4) is 0 Å². The van der Waals surface area contributed by atoms with Crippen LogP contribution in [0, 0.1) is 0 Å². The summed E-state index contributed by atoms with van der Waals surface area (Å²) in [4.78, 5) is 28.7. The van der Waals surface area contributed by atoms with Gasteiger partial charge < -0.3 is 14.5 Å². The van der Waals surface area contributed by atoms with Crippen LogP contribution in [-0.4, -0.2) is 23.0 Å². The van der Waals surface area contributed by atoms with Gasteiger partial charge in [-0.3, -0.25) is 4.79 Å². The normalized spacial score (nSPS) is 11.9. The van der Waals surface area contributed by atoms with Crippen molar-refractivity contribution < 1.29 is 18.7 Å². The quantitative estimate of drug-likeness (QED) is 0.647. The highest BCUT2D eigenvalue weighted by Crippen LogP contribution is 2.22. The summed E-state index contributed by atoms with van der Waals surface area (Å²) in [5.41, 5.74) is 2.06. The maximum absolute atomic E-state index is 12.4. The summed E-state index contributed by atoms with van der Waals surface area (Å²) in [7, 11) is 0. The lowest BCUT2D eigenvalue weighted by atomic mass is 10.2. The maximum atomic E-state index is 12.4. The molecule has 128 valence electrons. The van der Waals surface area contributed by atoms with E-state index >= 15 is 0 Å². The Hall–Kier alpha value is -2.67. The lowest BCUT2D eigenvalue weighted by molar-refractivity contribution is -0.124. The lowest BCUT2D eigenvalue weighted by Gasteiger charge is -2.16. The summed E-state index contributed by atoms with van der Waals surface area (Å²) < 4.78 is 11.3.